The number of benzene rings is 2. The summed E-state index contributed by atoms with van der Waals surface area (Å²) in [5.41, 5.74) is -0.915. The molecular formula is C31H28N4O7S2. The fourth-order valence-corrected chi connectivity index (χ4v) is 7.66. The number of ether oxygens (including phenoxy) is 3. The van der Waals surface area contributed by atoms with E-state index < -0.39 is 43.6 Å². The van der Waals surface area contributed by atoms with Gasteiger partial charge in [0.2, 0.25) is 5.88 Å². The average Bonchev–Trinajstić information content (AvgIpc) is 3.29. The van der Waals surface area contributed by atoms with Crippen molar-refractivity contribution in [2.24, 2.45) is 5.41 Å². The number of thioether (sulfide) groups is 2. The Morgan fingerprint density at radius 1 is 0.909 bits per heavy atom. The van der Waals surface area contributed by atoms with Crippen molar-refractivity contribution in [2.45, 2.75) is 36.1 Å². The van der Waals surface area contributed by atoms with Gasteiger partial charge in [-0.1, -0.05) is 36.4 Å². The van der Waals surface area contributed by atoms with E-state index in [1.165, 1.54) is 32.2 Å². The molecule has 1 aromatic heterocycles. The predicted molar refractivity (Wildman–Crippen MR) is 163 cm³/mol. The second kappa shape index (κ2) is 11.9. The van der Waals surface area contributed by atoms with Gasteiger partial charge in [0.25, 0.3) is 11.8 Å². The zero-order chi connectivity index (χ0) is 31.7. The van der Waals surface area contributed by atoms with Gasteiger partial charge in [-0.15, -0.1) is 0 Å². The van der Waals surface area contributed by atoms with E-state index in [0.29, 0.717) is 35.0 Å². The number of rotatable bonds is 6. The summed E-state index contributed by atoms with van der Waals surface area (Å²) in [7, 11) is 2.84. The summed E-state index contributed by atoms with van der Waals surface area (Å²) in [6.07, 6.45) is 1.26. The summed E-state index contributed by atoms with van der Waals surface area (Å²) >= 11 is 1.05. The molecule has 226 valence electrons. The van der Waals surface area contributed by atoms with Crippen molar-refractivity contribution in [3.8, 4) is 23.4 Å². The highest BCUT2D eigenvalue weighted by atomic mass is 32.2. The standard InChI is InChI=1S/C31H28N4O7S2/c1-29(19-32)18-31(44-28(39)42-22-13-9-6-10-14-22)26(37)34(3)30(2,43-27(38)41-21-11-7-5-8-12-21)25(36)35(31)24(29)20-15-16-23(40-4)33-17-20/h5-17,24H,18H2,1-4H3/t24?,29-,30+,31?/m1/s1. The number of carbonyl (C=O) groups is 4. The summed E-state index contributed by atoms with van der Waals surface area (Å²) in [6.45, 7) is 3.06. The van der Waals surface area contributed by atoms with Gasteiger partial charge in [0, 0.05) is 25.7 Å². The normalized spacial score (nSPS) is 26.0. The molecule has 11 nitrogen and oxygen atoms in total. The quantitative estimate of drug-likeness (QED) is 0.312. The largest absolute Gasteiger partial charge is 0.481 e. The van der Waals surface area contributed by atoms with Gasteiger partial charge in [0.05, 0.1) is 24.6 Å². The predicted octanol–water partition coefficient (Wildman–Crippen LogP) is 5.64. The lowest BCUT2D eigenvalue weighted by Gasteiger charge is -2.52. The smallest absolute Gasteiger partial charge is 0.375 e. The first-order chi connectivity index (χ1) is 21.0. The Hall–Kier alpha value is -4.54. The van der Waals surface area contributed by atoms with Crippen LogP contribution < -0.4 is 14.2 Å². The van der Waals surface area contributed by atoms with Crippen molar-refractivity contribution in [1.82, 2.24) is 14.8 Å². The molecule has 3 aromatic rings. The van der Waals surface area contributed by atoms with Crippen LogP contribution in [0.4, 0.5) is 9.59 Å². The Balaban J connectivity index is 1.59. The number of hydrogen-bond donors (Lipinski definition) is 0. The molecule has 2 aliphatic rings. The Morgan fingerprint density at radius 2 is 1.48 bits per heavy atom. The molecule has 13 heteroatoms. The number of nitrogens with zero attached hydrogens (tertiary/aromatic N) is 4. The number of aromatic nitrogens is 1. The van der Waals surface area contributed by atoms with Crippen molar-refractivity contribution in [1.29, 1.82) is 5.26 Å². The first-order valence-electron chi connectivity index (χ1n) is 13.4. The van der Waals surface area contributed by atoms with Gasteiger partial charge in [-0.3, -0.25) is 9.59 Å². The molecule has 2 aromatic carbocycles. The zero-order valence-electron chi connectivity index (χ0n) is 24.3. The molecule has 5 rings (SSSR count). The number of nitriles is 1. The molecule has 3 heterocycles. The molecule has 0 radical (unpaired) electrons. The molecular weight excluding hydrogens is 604 g/mol. The number of piperazine rings is 1. The van der Waals surface area contributed by atoms with Crippen LogP contribution in [0.15, 0.2) is 79.0 Å². The topological polar surface area (TPSA) is 139 Å². The van der Waals surface area contributed by atoms with Gasteiger partial charge in [0.15, 0.2) is 9.74 Å². The Bertz CT molecular complexity index is 1640. The number of likely N-dealkylation sites (N-methyl/N-ethyl adjacent to an activating group) is 1. The number of carbonyl (C=O) groups excluding carboxylic acids is 4. The third-order valence-corrected chi connectivity index (χ3v) is 9.91. The summed E-state index contributed by atoms with van der Waals surface area (Å²) < 4.78 is 16.1. The number of hydrogen-bond acceptors (Lipinski definition) is 11. The summed E-state index contributed by atoms with van der Waals surface area (Å²) in [6, 6.07) is 21.1. The highest BCUT2D eigenvalue weighted by Gasteiger charge is 2.72. The van der Waals surface area contributed by atoms with Crippen molar-refractivity contribution in [3.05, 3.63) is 84.6 Å². The van der Waals surface area contributed by atoms with Crippen molar-refractivity contribution in [3.63, 3.8) is 0 Å². The monoisotopic (exact) mass is 632 g/mol. The summed E-state index contributed by atoms with van der Waals surface area (Å²) in [5.74, 6) is -0.506. The van der Waals surface area contributed by atoms with Crippen LogP contribution in [0.5, 0.6) is 17.4 Å². The number of amides is 2. The maximum Gasteiger partial charge on any atom is 0.375 e. The average molecular weight is 633 g/mol. The second-order valence-corrected chi connectivity index (χ2v) is 13.1. The zero-order valence-corrected chi connectivity index (χ0v) is 25.9. The fourth-order valence-electron chi connectivity index (χ4n) is 5.50. The third kappa shape index (κ3) is 5.35. The molecule has 0 saturated carbocycles. The molecule has 0 aliphatic carbocycles. The molecule has 0 N–H and O–H groups in total. The van der Waals surface area contributed by atoms with E-state index in [1.54, 1.807) is 79.7 Å². The van der Waals surface area contributed by atoms with Crippen molar-refractivity contribution >= 4 is 45.9 Å². The minimum atomic E-state index is -1.88. The minimum Gasteiger partial charge on any atom is -0.481 e. The van der Waals surface area contributed by atoms with Crippen LogP contribution >= 0.6 is 23.5 Å². The van der Waals surface area contributed by atoms with Crippen LogP contribution in [-0.2, 0) is 9.59 Å². The Kier molecular flexibility index (Phi) is 8.33. The summed E-state index contributed by atoms with van der Waals surface area (Å²) in [4.78, 5) is 58.7. The fraction of sp³-hybridized carbons (Fsp3) is 0.290. The van der Waals surface area contributed by atoms with Crippen LogP contribution in [0, 0.1) is 16.7 Å². The van der Waals surface area contributed by atoms with Crippen LogP contribution in [0.1, 0.15) is 31.9 Å². The van der Waals surface area contributed by atoms with E-state index in [2.05, 4.69) is 11.1 Å². The Morgan fingerprint density at radius 3 is 1.98 bits per heavy atom. The lowest BCUT2D eigenvalue weighted by atomic mass is 9.80. The molecule has 0 spiro atoms. The van der Waals surface area contributed by atoms with Crippen molar-refractivity contribution < 1.29 is 33.4 Å². The molecule has 0 bridgehead atoms. The van der Waals surface area contributed by atoms with Gasteiger partial charge >= 0.3 is 10.6 Å². The van der Waals surface area contributed by atoms with Gasteiger partial charge < -0.3 is 24.0 Å². The molecule has 2 aliphatic heterocycles. The van der Waals surface area contributed by atoms with Gasteiger partial charge in [-0.2, -0.15) is 5.26 Å². The van der Waals surface area contributed by atoms with E-state index in [1.807, 2.05) is 0 Å². The molecule has 2 saturated heterocycles. The Labute approximate surface area is 262 Å². The van der Waals surface area contributed by atoms with Gasteiger partial charge in [-0.25, -0.2) is 14.6 Å². The van der Waals surface area contributed by atoms with E-state index in [4.69, 9.17) is 14.2 Å². The maximum absolute atomic E-state index is 14.7. The molecule has 44 heavy (non-hydrogen) atoms. The molecule has 2 unspecified atom stereocenters. The molecule has 4 atom stereocenters. The third-order valence-electron chi connectivity index (χ3n) is 7.71. The van der Waals surface area contributed by atoms with Gasteiger partial charge in [0.1, 0.15) is 11.5 Å². The first kappa shape index (κ1) is 30.9. The minimum absolute atomic E-state index is 0.203. The van der Waals surface area contributed by atoms with Crippen LogP contribution in [0.2, 0.25) is 0 Å². The highest BCUT2D eigenvalue weighted by Crippen LogP contribution is 2.62. The lowest BCUT2D eigenvalue weighted by Crippen LogP contribution is -2.71. The maximum atomic E-state index is 14.7. The number of pyridine rings is 1. The lowest BCUT2D eigenvalue weighted by molar-refractivity contribution is -0.163. The van der Waals surface area contributed by atoms with Crippen LogP contribution in [0.3, 0.4) is 0 Å². The molecule has 2 amide bonds. The second-order valence-electron chi connectivity index (χ2n) is 10.6. The van der Waals surface area contributed by atoms with E-state index >= 15 is 0 Å². The highest BCUT2D eigenvalue weighted by molar-refractivity contribution is 8.15. The summed E-state index contributed by atoms with van der Waals surface area (Å²) in [5, 5.41) is 8.84. The number of methoxy groups -OCH3 is 1. The van der Waals surface area contributed by atoms with Crippen LogP contribution in [-0.4, -0.2) is 61.1 Å². The van der Waals surface area contributed by atoms with E-state index in [-0.39, 0.29) is 17.9 Å². The van der Waals surface area contributed by atoms with E-state index in [9.17, 15) is 24.4 Å². The molecule has 2 fully saturated rings. The number of fused-ring (bicyclic) bond motifs is 1. The SMILES string of the molecule is COc1ccc(C2N3C(=O)[C@](C)(SC(=O)Oc4ccccc4)N(C)C(=O)C3(SC(=O)Oc3ccccc3)C[C@]2(C)C#N)cn1. The van der Waals surface area contributed by atoms with E-state index in [0.717, 1.165) is 4.90 Å². The number of para-hydroxylation sites is 2. The van der Waals surface area contributed by atoms with Crippen molar-refractivity contribution in [2.75, 3.05) is 14.2 Å². The van der Waals surface area contributed by atoms with Crippen LogP contribution in [0.25, 0.3) is 0 Å². The van der Waals surface area contributed by atoms with Gasteiger partial charge in [-0.05, 0) is 73.3 Å². The first-order valence-corrected chi connectivity index (χ1v) is 15.1.